The summed E-state index contributed by atoms with van der Waals surface area (Å²) in [5.41, 5.74) is 5.41. The van der Waals surface area contributed by atoms with Crippen LogP contribution in [0.25, 0.3) is 0 Å². The molecule has 113 heavy (non-hydrogen) atoms. The second-order valence-corrected chi connectivity index (χ2v) is 35.7. The Kier molecular flexibility index (Phi) is 32.0. The van der Waals surface area contributed by atoms with E-state index >= 15 is 0 Å². The lowest BCUT2D eigenvalue weighted by molar-refractivity contribution is -0.118. The highest BCUT2D eigenvalue weighted by Gasteiger charge is 2.39. The van der Waals surface area contributed by atoms with Crippen molar-refractivity contribution in [2.24, 2.45) is 41.4 Å². The molecule has 626 valence electrons. The topological polar surface area (TPSA) is 250 Å². The van der Waals surface area contributed by atoms with E-state index in [-0.39, 0.29) is 104 Å². The highest BCUT2D eigenvalue weighted by atomic mass is 32.1. The normalized spacial score (nSPS) is 23.5. The van der Waals surface area contributed by atoms with E-state index in [0.717, 1.165) is 179 Å². The number of ketones is 4. The van der Waals surface area contributed by atoms with Crippen LogP contribution in [0.15, 0.2) is 72.8 Å². The number of alkyl halides is 1. The number of benzene rings is 3. The predicted molar refractivity (Wildman–Crippen MR) is 452 cm³/mol. The fraction of sp³-hybridized carbons (Fsp3) is 0.595. The van der Waals surface area contributed by atoms with Gasteiger partial charge in [0.2, 0.25) is 0 Å². The molecule has 29 heteroatoms. The van der Waals surface area contributed by atoms with Gasteiger partial charge < -0.3 is 40.4 Å². The first-order chi connectivity index (χ1) is 54.3. The molecule has 1 saturated carbocycles. The van der Waals surface area contributed by atoms with Gasteiger partial charge in [-0.05, 0) is 214 Å². The molecule has 6 N–H and O–H groups in total. The van der Waals surface area contributed by atoms with Crippen molar-refractivity contribution in [3.8, 4) is 0 Å². The summed E-state index contributed by atoms with van der Waals surface area (Å²) in [6.45, 7) is 26.8. The van der Waals surface area contributed by atoms with Gasteiger partial charge >= 0.3 is 18.1 Å². The Hall–Kier alpha value is -7.48. The van der Waals surface area contributed by atoms with Crippen molar-refractivity contribution in [3.05, 3.63) is 139 Å². The number of carbonyl (C=O) groups is 7. The van der Waals surface area contributed by atoms with Gasteiger partial charge in [0.15, 0.2) is 32.7 Å². The molecule has 6 saturated heterocycles. The molecule has 22 nitrogen and oxygen atoms in total. The average Bonchev–Trinajstić information content (AvgIpc) is 1.76. The van der Waals surface area contributed by atoms with E-state index in [1.807, 2.05) is 36.4 Å². The van der Waals surface area contributed by atoms with Gasteiger partial charge in [-0.1, -0.05) is 70.4 Å². The summed E-state index contributed by atoms with van der Waals surface area (Å²) in [7, 11) is 0. The van der Waals surface area contributed by atoms with Gasteiger partial charge in [-0.3, -0.25) is 40.0 Å². The van der Waals surface area contributed by atoms with Crippen LogP contribution < -0.4 is 31.9 Å². The number of likely N-dealkylation sites (tertiary alicyclic amines) is 6. The minimum absolute atomic E-state index is 0. The Morgan fingerprint density at radius 3 is 1.02 bits per heavy atom. The first kappa shape index (κ1) is 86.4. The molecule has 3 aromatic carbocycles. The van der Waals surface area contributed by atoms with Gasteiger partial charge in [-0.25, -0.2) is 46.9 Å². The van der Waals surface area contributed by atoms with Gasteiger partial charge in [0.25, 0.3) is 0 Å². The molecule has 0 bridgehead atoms. The van der Waals surface area contributed by atoms with Crippen LogP contribution in [0.1, 0.15) is 170 Å². The quantitative estimate of drug-likeness (QED) is 0.0207. The minimum Gasteiger partial charge on any atom is -0.335 e. The number of hydrogen-bond acceptors (Lipinski definition) is 19. The van der Waals surface area contributed by atoms with E-state index in [2.05, 4.69) is 76.3 Å². The van der Waals surface area contributed by atoms with Gasteiger partial charge in [-0.15, -0.1) is 0 Å². The van der Waals surface area contributed by atoms with Crippen LogP contribution in [-0.4, -0.2) is 228 Å². The zero-order chi connectivity index (χ0) is 80.2. The van der Waals surface area contributed by atoms with Crippen LogP contribution in [0.5, 0.6) is 0 Å². The van der Waals surface area contributed by atoms with E-state index in [1.165, 1.54) is 117 Å². The number of nitrogens with one attached hydrogen (secondary N) is 6. The number of halogens is 4. The summed E-state index contributed by atoms with van der Waals surface area (Å²) < 4.78 is 53.0. The zero-order valence-electron chi connectivity index (χ0n) is 66.7. The number of aryl methyl sites for hydroxylation is 3. The Labute approximate surface area is 684 Å². The van der Waals surface area contributed by atoms with Crippen molar-refractivity contribution < 1.29 is 59.7 Å². The number of hydrogen-bond donors (Lipinski definition) is 6. The summed E-state index contributed by atoms with van der Waals surface area (Å²) in [4.78, 5) is 115. The third-order valence-electron chi connectivity index (χ3n) is 23.1. The molecule has 9 heterocycles. The number of amides is 6. The van der Waals surface area contributed by atoms with Gasteiger partial charge in [-0.2, -0.15) is 0 Å². The molecule has 7 aliphatic rings. The second-order valence-electron chi connectivity index (χ2n) is 32.7. The van der Waals surface area contributed by atoms with Crippen molar-refractivity contribution in [2.75, 3.05) is 140 Å². The van der Waals surface area contributed by atoms with E-state index in [9.17, 15) is 51.1 Å². The highest BCUT2D eigenvalue weighted by molar-refractivity contribution is 7.18. The molecule has 6 aliphatic heterocycles. The first-order valence-corrected chi connectivity index (χ1v) is 43.0. The third kappa shape index (κ3) is 27.1. The Morgan fingerprint density at radius 1 is 0.398 bits per heavy atom. The number of piperidine rings is 6. The van der Waals surface area contributed by atoms with E-state index in [4.69, 9.17) is 0 Å². The van der Waals surface area contributed by atoms with Crippen LogP contribution in [0, 0.1) is 79.6 Å². The molecule has 13 rings (SSSR count). The Balaban J connectivity index is 0.000000310. The summed E-state index contributed by atoms with van der Waals surface area (Å²) in [5.74, 6) is 2.49. The molecular weight excluding hydrogens is 1500 g/mol. The van der Waals surface area contributed by atoms with Gasteiger partial charge in [0, 0.05) is 157 Å². The van der Waals surface area contributed by atoms with Gasteiger partial charge in [0.1, 0.15) is 29.9 Å². The number of carbonyl (C=O) groups excluding carboxylic acids is 7. The molecule has 0 unspecified atom stereocenters. The van der Waals surface area contributed by atoms with Crippen LogP contribution >= 0.6 is 34.0 Å². The molecular formula is C84H127F4N15O7S3. The monoisotopic (exact) mass is 1630 g/mol. The molecule has 0 spiro atoms. The molecule has 6 amide bonds. The average molecular weight is 1630 g/mol. The van der Waals surface area contributed by atoms with Crippen molar-refractivity contribution >= 4 is 90.6 Å². The maximum Gasteiger partial charge on any atom is 0.321 e. The minimum atomic E-state index is -0.378. The fourth-order valence-electron chi connectivity index (χ4n) is 17.6. The lowest BCUT2D eigenvalue weighted by Crippen LogP contribution is -2.56. The third-order valence-corrected chi connectivity index (χ3v) is 26.6. The number of thiazole rings is 3. The van der Waals surface area contributed by atoms with Crippen LogP contribution in [-0.2, 0) is 24.1 Å². The van der Waals surface area contributed by atoms with Gasteiger partial charge in [0.05, 0.1) is 38.3 Å². The van der Waals surface area contributed by atoms with Crippen molar-refractivity contribution in [2.45, 2.75) is 156 Å². The second kappa shape index (κ2) is 41.9. The predicted octanol–water partition coefficient (Wildman–Crippen LogP) is 15.1. The lowest BCUT2D eigenvalue weighted by Gasteiger charge is -2.42. The first-order valence-electron chi connectivity index (χ1n) is 40.6. The fourth-order valence-corrected chi connectivity index (χ4v) is 20.2. The number of aromatic nitrogens is 3. The number of anilines is 3. The maximum atomic E-state index is 13.3. The van der Waals surface area contributed by atoms with E-state index in [1.54, 1.807) is 39.8 Å². The molecule has 9 atom stereocenters. The maximum absolute atomic E-state index is 13.3. The standard InChI is InChI=1S/C29H40FN5O2S.C28H38FN5O3S.C27H37F2N5O2S.6H2/c1-19-27(20(2)36)38-29(31-19)33-28(37)32-26-11-13-35(15-22-5-6-22)18-24(26)17-34-12-3-4-23(16-34)14-21-7-9-25(30)10-8-21;1-18(35)14-34-12-10-25(31-27(37)32-28-30-19(2)26(38-28)20(3)36)23(17-34)16-33-11-4-5-22(15-33)13-21-6-8-24(29)9-7-21;1-18-25(19(2)35)37-27(30-18)32-26(36)31-24-9-12-33(13-10-28)16-22(24)17-34-11-3-4-21(15-34)14-20-5-7-23(29)8-6-20;;;;;;/h7-10,22-24,26H,3-6,11-18H2,1-2H3,(H2,31,32,33,37);6-9,22-23,25H,4-5,10-17H2,1-3H3,(H2,30,31,32,37);5-8,21-22,24H,3-4,9-17H2,1-2H3,(H2,30,31,32,36);6*1H/t23-,24+,26+;22-,23+,25+;21-,22-,24+;;;;;;/m000....../s1. The largest absolute Gasteiger partial charge is 0.335 e. The van der Waals surface area contributed by atoms with Crippen molar-refractivity contribution in [1.29, 1.82) is 0 Å². The Morgan fingerprint density at radius 2 is 0.708 bits per heavy atom. The van der Waals surface area contributed by atoms with Crippen LogP contribution in [0.2, 0.25) is 0 Å². The molecule has 7 fully saturated rings. The van der Waals surface area contributed by atoms with Crippen molar-refractivity contribution in [1.82, 2.24) is 60.3 Å². The van der Waals surface area contributed by atoms with Crippen LogP contribution in [0.4, 0.5) is 47.3 Å². The van der Waals surface area contributed by atoms with E-state index in [0.29, 0.717) is 83.9 Å². The van der Waals surface area contributed by atoms with Crippen LogP contribution in [0.3, 0.4) is 0 Å². The Bertz CT molecular complexity index is 4180. The summed E-state index contributed by atoms with van der Waals surface area (Å²) in [5, 5.41) is 19.3. The number of urea groups is 3. The molecule has 1 aliphatic carbocycles. The SMILES string of the molecule is CC(=O)CN1CC[C@@H](NC(=O)Nc2nc(C)c(C(C)=O)s2)[C@H](CN2CCC[C@@H](Cc3ccc(F)cc3)C2)C1.CC(=O)c1sc(NC(=O)N[C@@H]2CCN(CC3CC3)C[C@H]2CN2CCC[C@@H](Cc3ccc(F)cc3)C2)nc1C.CC(=O)c1sc(NC(=O)N[C@@H]2CCN(CCF)C[C@H]2CN2CCC[C@@H](Cc3ccc(F)cc3)C2)nc1C.[HH].[HH].[HH].[HH].[HH].[HH]. The molecule has 3 aromatic heterocycles. The zero-order valence-corrected chi connectivity index (χ0v) is 69.1. The number of nitrogens with zero attached hydrogens (tertiary/aromatic N) is 9. The highest BCUT2D eigenvalue weighted by Crippen LogP contribution is 2.34. The lowest BCUT2D eigenvalue weighted by atomic mass is 9.88. The molecule has 6 aromatic rings. The number of rotatable bonds is 27. The summed E-state index contributed by atoms with van der Waals surface area (Å²) in [6, 6.07) is 19.6. The smallest absolute Gasteiger partial charge is 0.321 e. The summed E-state index contributed by atoms with van der Waals surface area (Å²) >= 11 is 3.61. The summed E-state index contributed by atoms with van der Waals surface area (Å²) in [6.07, 6.45) is 14.8. The van der Waals surface area contributed by atoms with Crippen molar-refractivity contribution in [3.63, 3.8) is 0 Å². The van der Waals surface area contributed by atoms with E-state index < -0.39 is 0 Å². The molecule has 0 radical (unpaired) electrons. The number of Topliss-reactive ketones (excluding diaryl/α,β-unsaturated/α-hetero) is 4.